The number of nitrogens with two attached hydrogens (primary N) is 1. The second-order valence-corrected chi connectivity index (χ2v) is 2.95. The van der Waals surface area contributed by atoms with Crippen molar-refractivity contribution >= 4 is 5.69 Å². The molecule has 2 aromatic rings. The Bertz CT molecular complexity index is 378. The van der Waals surface area contributed by atoms with Crippen LogP contribution < -0.4 is 11.2 Å². The fraction of sp³-hybridized carbons (Fsp3) is 0.111. The third-order valence-corrected chi connectivity index (χ3v) is 1.86. The van der Waals surface area contributed by atoms with Gasteiger partial charge in [0.15, 0.2) is 0 Å². The molecular formula is C9H11N5. The molecule has 3 N–H and O–H groups in total. The summed E-state index contributed by atoms with van der Waals surface area (Å²) < 4.78 is 1.70. The first-order chi connectivity index (χ1) is 6.84. The Morgan fingerprint density at radius 2 is 1.79 bits per heavy atom. The van der Waals surface area contributed by atoms with E-state index in [0.717, 1.165) is 17.8 Å². The predicted molar refractivity (Wildman–Crippen MR) is 53.9 cm³/mol. The molecule has 0 saturated carbocycles. The van der Waals surface area contributed by atoms with Gasteiger partial charge in [-0.1, -0.05) is 12.1 Å². The van der Waals surface area contributed by atoms with Crippen molar-refractivity contribution in [3.8, 4) is 0 Å². The van der Waals surface area contributed by atoms with E-state index in [2.05, 4.69) is 15.6 Å². The average molecular weight is 189 g/mol. The van der Waals surface area contributed by atoms with Crippen LogP contribution in [0.15, 0.2) is 36.9 Å². The van der Waals surface area contributed by atoms with Crippen molar-refractivity contribution in [1.29, 1.82) is 0 Å². The van der Waals surface area contributed by atoms with E-state index < -0.39 is 0 Å². The SMILES string of the molecule is Nc1ccc(CNn2cnnc2)cc1. The van der Waals surface area contributed by atoms with Gasteiger partial charge in [-0.05, 0) is 17.7 Å². The lowest BCUT2D eigenvalue weighted by Gasteiger charge is -2.05. The van der Waals surface area contributed by atoms with Crippen molar-refractivity contribution in [2.45, 2.75) is 6.54 Å². The van der Waals surface area contributed by atoms with E-state index in [4.69, 9.17) is 5.73 Å². The smallest absolute Gasteiger partial charge is 0.138 e. The van der Waals surface area contributed by atoms with Crippen LogP contribution >= 0.6 is 0 Å². The van der Waals surface area contributed by atoms with Crippen LogP contribution in [0, 0.1) is 0 Å². The molecule has 5 heteroatoms. The molecule has 0 spiro atoms. The van der Waals surface area contributed by atoms with Crippen LogP contribution in [0.25, 0.3) is 0 Å². The summed E-state index contributed by atoms with van der Waals surface area (Å²) in [5, 5.41) is 7.36. The Hall–Kier alpha value is -2.04. The largest absolute Gasteiger partial charge is 0.399 e. The average Bonchev–Trinajstić information content (AvgIpc) is 2.70. The van der Waals surface area contributed by atoms with Crippen LogP contribution in [-0.2, 0) is 6.54 Å². The summed E-state index contributed by atoms with van der Waals surface area (Å²) in [6.45, 7) is 0.721. The maximum Gasteiger partial charge on any atom is 0.138 e. The van der Waals surface area contributed by atoms with Crippen molar-refractivity contribution in [3.05, 3.63) is 42.5 Å². The number of aromatic nitrogens is 3. The van der Waals surface area contributed by atoms with Crippen molar-refractivity contribution in [1.82, 2.24) is 14.9 Å². The Balaban J connectivity index is 1.95. The molecule has 0 amide bonds. The zero-order chi connectivity index (χ0) is 9.80. The lowest BCUT2D eigenvalue weighted by Crippen LogP contribution is -2.11. The molecule has 0 unspecified atom stereocenters. The van der Waals surface area contributed by atoms with Gasteiger partial charge in [0.2, 0.25) is 0 Å². The van der Waals surface area contributed by atoms with E-state index in [1.165, 1.54) is 0 Å². The number of rotatable bonds is 3. The number of hydrogen-bond donors (Lipinski definition) is 2. The van der Waals surface area contributed by atoms with Gasteiger partial charge in [0.25, 0.3) is 0 Å². The standard InChI is InChI=1S/C9H11N5/c10-9-3-1-8(2-4-9)5-13-14-6-11-12-7-14/h1-4,6-7,13H,5,10H2. The summed E-state index contributed by atoms with van der Waals surface area (Å²) in [5.41, 5.74) is 10.6. The molecule has 0 aliphatic heterocycles. The summed E-state index contributed by atoms with van der Waals surface area (Å²) >= 11 is 0. The quantitative estimate of drug-likeness (QED) is 0.694. The molecule has 2 rings (SSSR count). The minimum Gasteiger partial charge on any atom is -0.399 e. The van der Waals surface area contributed by atoms with E-state index in [0.29, 0.717) is 0 Å². The van der Waals surface area contributed by atoms with Gasteiger partial charge in [-0.3, -0.25) is 0 Å². The van der Waals surface area contributed by atoms with Crippen molar-refractivity contribution in [3.63, 3.8) is 0 Å². The highest BCUT2D eigenvalue weighted by Crippen LogP contribution is 2.04. The molecule has 1 aromatic carbocycles. The first-order valence-corrected chi connectivity index (χ1v) is 4.27. The lowest BCUT2D eigenvalue weighted by atomic mass is 10.2. The highest BCUT2D eigenvalue weighted by molar-refractivity contribution is 5.39. The van der Waals surface area contributed by atoms with Crippen LogP contribution in [0.1, 0.15) is 5.56 Å². The first-order valence-electron chi connectivity index (χ1n) is 4.27. The van der Waals surface area contributed by atoms with E-state index in [-0.39, 0.29) is 0 Å². The monoisotopic (exact) mass is 189 g/mol. The minimum absolute atomic E-state index is 0.721. The van der Waals surface area contributed by atoms with Crippen LogP contribution in [0.2, 0.25) is 0 Å². The van der Waals surface area contributed by atoms with Crippen molar-refractivity contribution in [2.24, 2.45) is 0 Å². The molecule has 5 nitrogen and oxygen atoms in total. The topological polar surface area (TPSA) is 68.8 Å². The first kappa shape index (κ1) is 8.55. The zero-order valence-corrected chi connectivity index (χ0v) is 7.59. The third kappa shape index (κ3) is 2.01. The fourth-order valence-electron chi connectivity index (χ4n) is 1.10. The molecule has 1 heterocycles. The van der Waals surface area contributed by atoms with Gasteiger partial charge < -0.3 is 11.2 Å². The Morgan fingerprint density at radius 1 is 1.14 bits per heavy atom. The van der Waals surface area contributed by atoms with Gasteiger partial charge in [-0.15, -0.1) is 10.2 Å². The maximum absolute atomic E-state index is 5.57. The number of hydrogen-bond acceptors (Lipinski definition) is 4. The maximum atomic E-state index is 5.57. The molecule has 0 atom stereocenters. The van der Waals surface area contributed by atoms with Crippen molar-refractivity contribution < 1.29 is 0 Å². The molecule has 0 aliphatic carbocycles. The third-order valence-electron chi connectivity index (χ3n) is 1.86. The molecule has 0 radical (unpaired) electrons. The summed E-state index contributed by atoms with van der Waals surface area (Å²) in [7, 11) is 0. The van der Waals surface area contributed by atoms with Crippen LogP contribution in [0.3, 0.4) is 0 Å². The molecule has 0 fully saturated rings. The number of nitrogens with zero attached hydrogens (tertiary/aromatic N) is 3. The fourth-order valence-corrected chi connectivity index (χ4v) is 1.10. The zero-order valence-electron chi connectivity index (χ0n) is 7.59. The Morgan fingerprint density at radius 3 is 2.43 bits per heavy atom. The van der Waals surface area contributed by atoms with Gasteiger partial charge in [-0.2, -0.15) is 0 Å². The number of nitrogen functional groups attached to an aromatic ring is 1. The Kier molecular flexibility index (Phi) is 2.31. The molecule has 0 saturated heterocycles. The summed E-state index contributed by atoms with van der Waals surface area (Å²) in [5.74, 6) is 0. The summed E-state index contributed by atoms with van der Waals surface area (Å²) in [6, 6.07) is 7.71. The molecule has 72 valence electrons. The number of nitrogens with one attached hydrogen (secondary N) is 1. The molecule has 0 bridgehead atoms. The second kappa shape index (κ2) is 3.78. The highest BCUT2D eigenvalue weighted by Gasteiger charge is 1.92. The Labute approximate surface area is 81.5 Å². The van der Waals surface area contributed by atoms with Gasteiger partial charge >= 0.3 is 0 Å². The number of anilines is 1. The van der Waals surface area contributed by atoms with Crippen LogP contribution in [0.4, 0.5) is 5.69 Å². The molecule has 0 aliphatic rings. The normalized spacial score (nSPS) is 10.0. The predicted octanol–water partition coefficient (Wildman–Crippen LogP) is 0.604. The lowest BCUT2D eigenvalue weighted by molar-refractivity contribution is 0.836. The second-order valence-electron chi connectivity index (χ2n) is 2.95. The number of benzene rings is 1. The minimum atomic E-state index is 0.721. The van der Waals surface area contributed by atoms with Crippen LogP contribution in [0.5, 0.6) is 0 Å². The van der Waals surface area contributed by atoms with Gasteiger partial charge in [0, 0.05) is 5.69 Å². The molecule has 1 aromatic heterocycles. The van der Waals surface area contributed by atoms with Gasteiger partial charge in [0.1, 0.15) is 12.7 Å². The van der Waals surface area contributed by atoms with E-state index >= 15 is 0 Å². The van der Waals surface area contributed by atoms with Gasteiger partial charge in [-0.25, -0.2) is 4.68 Å². The van der Waals surface area contributed by atoms with Crippen molar-refractivity contribution in [2.75, 3.05) is 11.2 Å². The molecular weight excluding hydrogens is 178 g/mol. The summed E-state index contributed by atoms with van der Waals surface area (Å²) in [4.78, 5) is 0. The van der Waals surface area contributed by atoms with Crippen LogP contribution in [-0.4, -0.2) is 14.9 Å². The van der Waals surface area contributed by atoms with Gasteiger partial charge in [0.05, 0.1) is 6.54 Å². The van der Waals surface area contributed by atoms with E-state index in [1.807, 2.05) is 24.3 Å². The van der Waals surface area contributed by atoms with E-state index in [9.17, 15) is 0 Å². The highest BCUT2D eigenvalue weighted by atomic mass is 15.5. The van der Waals surface area contributed by atoms with E-state index in [1.54, 1.807) is 17.3 Å². The molecule has 14 heavy (non-hydrogen) atoms. The summed E-state index contributed by atoms with van der Waals surface area (Å²) in [6.07, 6.45) is 3.22.